The van der Waals surface area contributed by atoms with Crippen LogP contribution in [0.15, 0.2) is 30.3 Å². The Hall–Kier alpha value is -2.51. The summed E-state index contributed by atoms with van der Waals surface area (Å²) >= 11 is 2.81. The van der Waals surface area contributed by atoms with Gasteiger partial charge in [0.05, 0.1) is 15.9 Å². The van der Waals surface area contributed by atoms with Crippen LogP contribution in [-0.2, 0) is 12.8 Å². The molecule has 1 aromatic carbocycles. The van der Waals surface area contributed by atoms with Crippen molar-refractivity contribution in [1.29, 1.82) is 0 Å². The molecule has 0 aliphatic heterocycles. The zero-order chi connectivity index (χ0) is 17.0. The van der Waals surface area contributed by atoms with Gasteiger partial charge in [-0.15, -0.1) is 11.3 Å². The van der Waals surface area contributed by atoms with Gasteiger partial charge in [0.15, 0.2) is 5.13 Å². The van der Waals surface area contributed by atoms with E-state index in [1.54, 1.807) is 0 Å². The topological polar surface area (TPSA) is 80.9 Å². The average molecular weight is 366 g/mol. The van der Waals surface area contributed by atoms with E-state index in [9.17, 15) is 4.79 Å². The molecule has 0 spiro atoms. The van der Waals surface area contributed by atoms with Gasteiger partial charge in [-0.1, -0.05) is 23.5 Å². The molecule has 5 rings (SSSR count). The molecule has 1 aliphatic carbocycles. The van der Waals surface area contributed by atoms with Crippen molar-refractivity contribution in [3.05, 3.63) is 46.5 Å². The Morgan fingerprint density at radius 2 is 2.04 bits per heavy atom. The van der Waals surface area contributed by atoms with E-state index >= 15 is 0 Å². The van der Waals surface area contributed by atoms with Crippen LogP contribution in [0.3, 0.4) is 0 Å². The number of rotatable bonds is 2. The number of amides is 1. The number of aromatic nitrogens is 2. The van der Waals surface area contributed by atoms with Crippen LogP contribution in [0, 0.1) is 0 Å². The number of carbonyl (C=O) groups excluding carboxylic acids is 1. The second-order valence-corrected chi connectivity index (χ2v) is 8.12. The average Bonchev–Trinajstić information content (AvgIpc) is 3.29. The van der Waals surface area contributed by atoms with E-state index in [1.165, 1.54) is 28.2 Å². The number of aryl methyl sites for hydroxylation is 2. The summed E-state index contributed by atoms with van der Waals surface area (Å²) in [7, 11) is 0. The molecular weight excluding hydrogens is 352 g/mol. The van der Waals surface area contributed by atoms with Crippen molar-refractivity contribution >= 4 is 59.8 Å². The number of para-hydroxylation sites is 1. The third kappa shape index (κ3) is 2.39. The number of nitrogens with zero attached hydrogens (tertiary/aromatic N) is 2. The number of fused-ring (bicyclic) bond motifs is 3. The summed E-state index contributed by atoms with van der Waals surface area (Å²) in [4.78, 5) is 23.2. The van der Waals surface area contributed by atoms with Gasteiger partial charge < -0.3 is 5.73 Å². The molecule has 0 fully saturated rings. The zero-order valence-corrected chi connectivity index (χ0v) is 14.8. The number of hydrogen-bond acceptors (Lipinski definition) is 6. The van der Waals surface area contributed by atoms with Crippen LogP contribution in [-0.4, -0.2) is 15.9 Å². The van der Waals surface area contributed by atoms with Crippen LogP contribution in [0.2, 0.25) is 0 Å². The van der Waals surface area contributed by atoms with Gasteiger partial charge in [-0.05, 0) is 43.0 Å². The lowest BCUT2D eigenvalue weighted by molar-refractivity contribution is 0.103. The fraction of sp³-hybridized carbons (Fsp3) is 0.167. The Morgan fingerprint density at radius 1 is 1.16 bits per heavy atom. The minimum atomic E-state index is -0.222. The van der Waals surface area contributed by atoms with Crippen molar-refractivity contribution in [1.82, 2.24) is 9.97 Å². The predicted octanol–water partition coefficient (Wildman–Crippen LogP) is 4.23. The number of nitrogens with two attached hydrogens (primary N) is 1. The molecule has 3 N–H and O–H groups in total. The molecule has 7 heteroatoms. The number of pyridine rings is 1. The minimum Gasteiger partial charge on any atom is -0.397 e. The molecule has 124 valence electrons. The van der Waals surface area contributed by atoms with Gasteiger partial charge >= 0.3 is 0 Å². The van der Waals surface area contributed by atoms with E-state index in [4.69, 9.17) is 10.7 Å². The normalized spacial score (nSPS) is 13.4. The first-order valence-electron chi connectivity index (χ1n) is 8.07. The van der Waals surface area contributed by atoms with Crippen LogP contribution >= 0.6 is 22.7 Å². The third-order valence-electron chi connectivity index (χ3n) is 4.47. The molecular formula is C18H14N4OS2. The first-order valence-corrected chi connectivity index (χ1v) is 9.70. The van der Waals surface area contributed by atoms with Crippen LogP contribution in [0.5, 0.6) is 0 Å². The second-order valence-electron chi connectivity index (χ2n) is 6.09. The van der Waals surface area contributed by atoms with E-state index in [2.05, 4.69) is 16.4 Å². The highest BCUT2D eigenvalue weighted by atomic mass is 32.1. The third-order valence-corrected chi connectivity index (χ3v) is 6.54. The van der Waals surface area contributed by atoms with Crippen LogP contribution in [0.4, 0.5) is 10.8 Å². The molecule has 1 amide bonds. The van der Waals surface area contributed by atoms with Crippen molar-refractivity contribution in [2.24, 2.45) is 0 Å². The fourth-order valence-corrected chi connectivity index (χ4v) is 5.10. The lowest BCUT2D eigenvalue weighted by Crippen LogP contribution is -2.11. The van der Waals surface area contributed by atoms with Crippen LogP contribution in [0.25, 0.3) is 20.4 Å². The number of nitrogen functional groups attached to an aromatic ring is 1. The van der Waals surface area contributed by atoms with Crippen molar-refractivity contribution in [3.8, 4) is 0 Å². The Kier molecular flexibility index (Phi) is 3.26. The van der Waals surface area contributed by atoms with E-state index in [0.717, 1.165) is 45.4 Å². The highest BCUT2D eigenvalue weighted by Gasteiger charge is 2.21. The molecule has 1 aliphatic rings. The summed E-state index contributed by atoms with van der Waals surface area (Å²) in [6, 6.07) is 9.91. The molecule has 0 unspecified atom stereocenters. The highest BCUT2D eigenvalue weighted by molar-refractivity contribution is 7.23. The standard InChI is InChI=1S/C18H14N4OS2/c19-14-10-8-9-4-3-6-11(9)20-17(10)25-15(14)16(23)22-18-21-12-5-1-2-7-13(12)24-18/h1-2,5,7-8H,3-4,6,19H2,(H,21,22,23). The van der Waals surface area contributed by atoms with Crippen LogP contribution in [0.1, 0.15) is 27.3 Å². The van der Waals surface area contributed by atoms with Gasteiger partial charge in [0.2, 0.25) is 0 Å². The lowest BCUT2D eigenvalue weighted by Gasteiger charge is -2.00. The highest BCUT2D eigenvalue weighted by Crippen LogP contribution is 2.36. The van der Waals surface area contributed by atoms with Crippen molar-refractivity contribution in [2.45, 2.75) is 19.3 Å². The summed E-state index contributed by atoms with van der Waals surface area (Å²) in [5.41, 5.74) is 10.1. The van der Waals surface area contributed by atoms with E-state index < -0.39 is 0 Å². The monoisotopic (exact) mass is 366 g/mol. The second kappa shape index (κ2) is 5.50. The van der Waals surface area contributed by atoms with Gasteiger partial charge in [-0.3, -0.25) is 10.1 Å². The first-order chi connectivity index (χ1) is 12.2. The summed E-state index contributed by atoms with van der Waals surface area (Å²) in [5, 5.41) is 4.35. The Bertz CT molecular complexity index is 1110. The number of carbonyl (C=O) groups is 1. The van der Waals surface area contributed by atoms with E-state index in [0.29, 0.717) is 15.7 Å². The predicted molar refractivity (Wildman–Crippen MR) is 104 cm³/mol. The lowest BCUT2D eigenvalue weighted by atomic mass is 10.1. The molecule has 5 nitrogen and oxygen atoms in total. The van der Waals surface area contributed by atoms with Crippen molar-refractivity contribution < 1.29 is 4.79 Å². The largest absolute Gasteiger partial charge is 0.397 e. The maximum atomic E-state index is 12.7. The van der Waals surface area contributed by atoms with Gasteiger partial charge in [0, 0.05) is 11.1 Å². The molecule has 0 radical (unpaired) electrons. The molecule has 4 aromatic rings. The van der Waals surface area contributed by atoms with Crippen LogP contribution < -0.4 is 11.1 Å². The Morgan fingerprint density at radius 3 is 2.92 bits per heavy atom. The molecule has 25 heavy (non-hydrogen) atoms. The molecule has 0 saturated heterocycles. The number of hydrogen-bond donors (Lipinski definition) is 2. The Balaban J connectivity index is 1.51. The molecule has 0 atom stereocenters. The molecule has 0 saturated carbocycles. The number of thiophene rings is 1. The minimum absolute atomic E-state index is 0.222. The van der Waals surface area contributed by atoms with Gasteiger partial charge in [-0.25, -0.2) is 9.97 Å². The molecule has 3 aromatic heterocycles. The summed E-state index contributed by atoms with van der Waals surface area (Å²) in [6.45, 7) is 0. The molecule has 0 bridgehead atoms. The quantitative estimate of drug-likeness (QED) is 0.556. The maximum Gasteiger partial charge on any atom is 0.269 e. The van der Waals surface area contributed by atoms with Gasteiger partial charge in [0.25, 0.3) is 5.91 Å². The first kappa shape index (κ1) is 14.8. The van der Waals surface area contributed by atoms with Gasteiger partial charge in [-0.2, -0.15) is 0 Å². The number of benzene rings is 1. The number of thiazole rings is 1. The van der Waals surface area contributed by atoms with Crippen molar-refractivity contribution in [3.63, 3.8) is 0 Å². The van der Waals surface area contributed by atoms with E-state index in [-0.39, 0.29) is 5.91 Å². The number of anilines is 2. The summed E-state index contributed by atoms with van der Waals surface area (Å²) in [6.07, 6.45) is 3.20. The number of nitrogens with one attached hydrogen (secondary N) is 1. The smallest absolute Gasteiger partial charge is 0.269 e. The molecule has 3 heterocycles. The summed E-state index contributed by atoms with van der Waals surface area (Å²) < 4.78 is 1.04. The SMILES string of the molecule is Nc1c(C(=O)Nc2nc3ccccc3s2)sc2nc3c(cc12)CCC3. The Labute approximate surface area is 151 Å². The van der Waals surface area contributed by atoms with Crippen molar-refractivity contribution in [2.75, 3.05) is 11.1 Å². The zero-order valence-electron chi connectivity index (χ0n) is 13.2. The fourth-order valence-electron chi connectivity index (χ4n) is 3.25. The maximum absolute atomic E-state index is 12.7. The summed E-state index contributed by atoms with van der Waals surface area (Å²) in [5.74, 6) is -0.222. The van der Waals surface area contributed by atoms with E-state index in [1.807, 2.05) is 24.3 Å². The van der Waals surface area contributed by atoms with Gasteiger partial charge in [0.1, 0.15) is 9.71 Å².